The topological polar surface area (TPSA) is 88.8 Å². The van der Waals surface area contributed by atoms with Crippen molar-refractivity contribution in [1.82, 2.24) is 0 Å². The average molecular weight is 428 g/mol. The molecule has 0 saturated heterocycles. The van der Waals surface area contributed by atoms with Gasteiger partial charge in [-0.25, -0.2) is 4.79 Å². The van der Waals surface area contributed by atoms with Crippen molar-refractivity contribution in [3.8, 4) is 6.07 Å². The molecule has 32 heavy (non-hydrogen) atoms. The minimum absolute atomic E-state index is 0.0582. The van der Waals surface area contributed by atoms with E-state index in [1.54, 1.807) is 44.2 Å². The Kier molecular flexibility index (Phi) is 7.35. The molecule has 162 valence electrons. The highest BCUT2D eigenvalue weighted by molar-refractivity contribution is 6.07. The Bertz CT molecular complexity index is 1140. The molecule has 0 spiro atoms. The number of allylic oxidation sites excluding steroid dienone is 1. The van der Waals surface area contributed by atoms with E-state index in [-0.39, 0.29) is 12.2 Å². The van der Waals surface area contributed by atoms with Gasteiger partial charge >= 0.3 is 11.9 Å². The van der Waals surface area contributed by atoms with Gasteiger partial charge in [0.05, 0.1) is 24.3 Å². The second-order valence-electron chi connectivity index (χ2n) is 7.34. The SMILES string of the molecule is COC(=O)C1C(C)=NC(C)=C(C(=O)OCC=Cc2ccccc2)C1c1ccccc1C#N. The van der Waals surface area contributed by atoms with Crippen molar-refractivity contribution in [2.75, 3.05) is 13.7 Å². The third-order valence-electron chi connectivity index (χ3n) is 5.34. The molecule has 1 aliphatic heterocycles. The number of hydrogen-bond donors (Lipinski definition) is 0. The first-order chi connectivity index (χ1) is 15.5. The van der Waals surface area contributed by atoms with E-state index in [0.717, 1.165) is 5.56 Å². The van der Waals surface area contributed by atoms with Crippen molar-refractivity contribution >= 4 is 23.7 Å². The number of hydrogen-bond acceptors (Lipinski definition) is 6. The van der Waals surface area contributed by atoms with Gasteiger partial charge < -0.3 is 9.47 Å². The fourth-order valence-electron chi connectivity index (χ4n) is 3.89. The summed E-state index contributed by atoms with van der Waals surface area (Å²) >= 11 is 0. The van der Waals surface area contributed by atoms with E-state index in [1.165, 1.54) is 7.11 Å². The molecular weight excluding hydrogens is 404 g/mol. The molecule has 0 fully saturated rings. The third kappa shape index (κ3) is 4.84. The lowest BCUT2D eigenvalue weighted by atomic mass is 9.74. The first-order valence-corrected chi connectivity index (χ1v) is 10.2. The summed E-state index contributed by atoms with van der Waals surface area (Å²) < 4.78 is 10.5. The van der Waals surface area contributed by atoms with E-state index in [1.807, 2.05) is 36.4 Å². The molecule has 0 saturated carbocycles. The zero-order valence-corrected chi connectivity index (χ0v) is 18.2. The van der Waals surface area contributed by atoms with Gasteiger partial charge in [0.15, 0.2) is 0 Å². The van der Waals surface area contributed by atoms with Gasteiger partial charge in [-0.2, -0.15) is 5.26 Å². The molecule has 2 aromatic carbocycles. The number of benzene rings is 2. The van der Waals surface area contributed by atoms with E-state index < -0.39 is 23.8 Å². The molecule has 2 unspecified atom stereocenters. The molecule has 0 aliphatic carbocycles. The predicted octanol–water partition coefficient (Wildman–Crippen LogP) is 4.44. The van der Waals surface area contributed by atoms with Crippen molar-refractivity contribution in [1.29, 1.82) is 5.26 Å². The van der Waals surface area contributed by atoms with Crippen molar-refractivity contribution in [3.63, 3.8) is 0 Å². The van der Waals surface area contributed by atoms with Crippen LogP contribution in [-0.4, -0.2) is 31.4 Å². The molecule has 0 radical (unpaired) electrons. The van der Waals surface area contributed by atoms with Crippen molar-refractivity contribution in [2.45, 2.75) is 19.8 Å². The zero-order chi connectivity index (χ0) is 23.1. The van der Waals surface area contributed by atoms with Crippen molar-refractivity contribution < 1.29 is 19.1 Å². The van der Waals surface area contributed by atoms with Gasteiger partial charge in [0.2, 0.25) is 0 Å². The van der Waals surface area contributed by atoms with E-state index in [2.05, 4.69) is 11.1 Å². The second kappa shape index (κ2) is 10.4. The van der Waals surface area contributed by atoms with E-state index in [4.69, 9.17) is 9.47 Å². The number of ether oxygens (including phenoxy) is 2. The highest BCUT2D eigenvalue weighted by Gasteiger charge is 2.43. The lowest BCUT2D eigenvalue weighted by Gasteiger charge is -2.31. The molecule has 2 aromatic rings. The van der Waals surface area contributed by atoms with Gasteiger partial charge in [-0.3, -0.25) is 9.79 Å². The highest BCUT2D eigenvalue weighted by atomic mass is 16.5. The fourth-order valence-corrected chi connectivity index (χ4v) is 3.89. The average Bonchev–Trinajstić information content (AvgIpc) is 2.81. The van der Waals surface area contributed by atoms with Crippen molar-refractivity contribution in [3.05, 3.63) is 88.6 Å². The molecule has 6 heteroatoms. The van der Waals surface area contributed by atoms with Gasteiger partial charge in [-0.15, -0.1) is 0 Å². The molecule has 1 aliphatic rings. The van der Waals surface area contributed by atoms with Crippen LogP contribution in [-0.2, 0) is 19.1 Å². The second-order valence-corrected chi connectivity index (χ2v) is 7.34. The van der Waals surface area contributed by atoms with Crippen LogP contribution in [0.3, 0.4) is 0 Å². The Hall–Kier alpha value is -3.98. The largest absolute Gasteiger partial charge is 0.468 e. The Morgan fingerprint density at radius 1 is 1.09 bits per heavy atom. The number of carbonyl (C=O) groups is 2. The summed E-state index contributed by atoms with van der Waals surface area (Å²) in [5.41, 5.74) is 3.16. The van der Waals surface area contributed by atoms with Crippen LogP contribution < -0.4 is 0 Å². The lowest BCUT2D eigenvalue weighted by molar-refractivity contribution is -0.143. The summed E-state index contributed by atoms with van der Waals surface area (Å²) in [5.74, 6) is -2.67. The van der Waals surface area contributed by atoms with Crippen LogP contribution in [0.1, 0.15) is 36.5 Å². The summed E-state index contributed by atoms with van der Waals surface area (Å²) in [7, 11) is 1.29. The lowest BCUT2D eigenvalue weighted by Crippen LogP contribution is -2.36. The minimum Gasteiger partial charge on any atom is -0.468 e. The van der Waals surface area contributed by atoms with E-state index in [9.17, 15) is 14.9 Å². The normalized spacial score (nSPS) is 18.1. The van der Waals surface area contributed by atoms with Crippen LogP contribution in [0.5, 0.6) is 0 Å². The summed E-state index contributed by atoms with van der Waals surface area (Å²) in [4.78, 5) is 30.3. The minimum atomic E-state index is -0.833. The smallest absolute Gasteiger partial charge is 0.336 e. The van der Waals surface area contributed by atoms with Crippen LogP contribution >= 0.6 is 0 Å². The molecule has 0 bridgehead atoms. The molecule has 0 N–H and O–H groups in total. The number of carbonyl (C=O) groups excluding carboxylic acids is 2. The van der Waals surface area contributed by atoms with Gasteiger partial charge in [-0.05, 0) is 37.1 Å². The molecule has 0 amide bonds. The zero-order valence-electron chi connectivity index (χ0n) is 18.2. The molecule has 2 atom stereocenters. The van der Waals surface area contributed by atoms with Crippen LogP contribution in [0.2, 0.25) is 0 Å². The van der Waals surface area contributed by atoms with E-state index >= 15 is 0 Å². The third-order valence-corrected chi connectivity index (χ3v) is 5.34. The molecule has 6 nitrogen and oxygen atoms in total. The number of nitriles is 1. The summed E-state index contributed by atoms with van der Waals surface area (Å²) in [6.07, 6.45) is 3.61. The number of aliphatic imine (C=N–C) groups is 1. The number of nitrogens with zero attached hydrogens (tertiary/aromatic N) is 2. The highest BCUT2D eigenvalue weighted by Crippen LogP contribution is 2.41. The Morgan fingerprint density at radius 3 is 2.47 bits per heavy atom. The predicted molar refractivity (Wildman–Crippen MR) is 122 cm³/mol. The standard InChI is InChI=1S/C26H24N2O4/c1-17-22(25(29)31-3)24(21-14-8-7-13-20(21)16-27)23(18(2)28-17)26(30)32-15-9-12-19-10-5-4-6-11-19/h4-14,22,24H,15H2,1-3H3. The maximum absolute atomic E-state index is 13.1. The van der Waals surface area contributed by atoms with Gasteiger partial charge in [0, 0.05) is 17.3 Å². The Labute approximate surface area is 187 Å². The van der Waals surface area contributed by atoms with Crippen LogP contribution in [0.4, 0.5) is 0 Å². The molecular formula is C26H24N2O4. The van der Waals surface area contributed by atoms with E-state index in [0.29, 0.717) is 22.5 Å². The van der Waals surface area contributed by atoms with Gasteiger partial charge in [-0.1, -0.05) is 54.6 Å². The van der Waals surface area contributed by atoms with Gasteiger partial charge in [0.25, 0.3) is 0 Å². The monoisotopic (exact) mass is 428 g/mol. The first-order valence-electron chi connectivity index (χ1n) is 10.2. The van der Waals surface area contributed by atoms with Gasteiger partial charge in [0.1, 0.15) is 12.5 Å². The number of methoxy groups -OCH3 is 1. The van der Waals surface area contributed by atoms with Crippen molar-refractivity contribution in [2.24, 2.45) is 10.9 Å². The summed E-state index contributed by atoms with van der Waals surface area (Å²) in [6, 6.07) is 18.7. The Balaban J connectivity index is 1.95. The molecule has 1 heterocycles. The maximum Gasteiger partial charge on any atom is 0.336 e. The first kappa shape index (κ1) is 22.7. The molecule has 0 aromatic heterocycles. The number of esters is 2. The van der Waals surface area contributed by atoms with Crippen LogP contribution in [0, 0.1) is 17.2 Å². The number of rotatable bonds is 6. The summed E-state index contributed by atoms with van der Waals surface area (Å²) in [5, 5.41) is 9.63. The maximum atomic E-state index is 13.1. The quantitative estimate of drug-likeness (QED) is 0.635. The fraction of sp³-hybridized carbons (Fsp3) is 0.231. The van der Waals surface area contributed by atoms with Crippen LogP contribution in [0.25, 0.3) is 6.08 Å². The van der Waals surface area contributed by atoms with Crippen LogP contribution in [0.15, 0.2) is 76.9 Å². The summed E-state index contributed by atoms with van der Waals surface area (Å²) in [6.45, 7) is 3.48. The Morgan fingerprint density at radius 2 is 1.78 bits per heavy atom. The molecule has 3 rings (SSSR count).